The van der Waals surface area contributed by atoms with E-state index >= 15 is 0 Å². The van der Waals surface area contributed by atoms with Crippen LogP contribution in [0.15, 0.2) is 48.5 Å². The minimum absolute atomic E-state index is 0.261. The summed E-state index contributed by atoms with van der Waals surface area (Å²) in [6, 6.07) is 14.1. The third-order valence-corrected chi connectivity index (χ3v) is 2.55. The van der Waals surface area contributed by atoms with Crippen LogP contribution >= 0.6 is 0 Å². The fourth-order valence-corrected chi connectivity index (χ4v) is 1.62. The minimum Gasteiger partial charge on any atom is -0.454 e. The summed E-state index contributed by atoms with van der Waals surface area (Å²) in [5, 5.41) is 3.20. The molecule has 0 amide bonds. The summed E-state index contributed by atoms with van der Waals surface area (Å²) in [6.07, 6.45) is 0. The van der Waals surface area contributed by atoms with Crippen LogP contribution in [0.4, 0.5) is 4.39 Å². The van der Waals surface area contributed by atoms with E-state index in [0.29, 0.717) is 12.3 Å². The monoisotopic (exact) mass is 245 g/mol. The van der Waals surface area contributed by atoms with Gasteiger partial charge in [0.15, 0.2) is 11.6 Å². The summed E-state index contributed by atoms with van der Waals surface area (Å²) in [6.45, 7) is 3.62. The Morgan fingerprint density at radius 2 is 1.89 bits per heavy atom. The van der Waals surface area contributed by atoms with Crippen LogP contribution in [-0.4, -0.2) is 6.54 Å². The van der Waals surface area contributed by atoms with Crippen LogP contribution in [0.5, 0.6) is 11.5 Å². The molecule has 0 heterocycles. The number of para-hydroxylation sites is 1. The maximum absolute atomic E-state index is 13.6. The highest BCUT2D eigenvalue weighted by Crippen LogP contribution is 2.25. The van der Waals surface area contributed by atoms with E-state index in [1.807, 2.05) is 25.1 Å². The number of hydrogen-bond acceptors (Lipinski definition) is 2. The summed E-state index contributed by atoms with van der Waals surface area (Å²) in [5.41, 5.74) is 1.00. The van der Waals surface area contributed by atoms with Crippen LogP contribution < -0.4 is 10.1 Å². The molecule has 2 aromatic carbocycles. The van der Waals surface area contributed by atoms with Gasteiger partial charge in [-0.2, -0.15) is 0 Å². The molecule has 2 rings (SSSR count). The van der Waals surface area contributed by atoms with E-state index in [2.05, 4.69) is 5.32 Å². The summed E-state index contributed by atoms with van der Waals surface area (Å²) in [4.78, 5) is 0. The molecule has 0 aliphatic carbocycles. The van der Waals surface area contributed by atoms with Crippen LogP contribution in [0.2, 0.25) is 0 Å². The third kappa shape index (κ3) is 3.31. The van der Waals surface area contributed by atoms with Gasteiger partial charge in [-0.25, -0.2) is 4.39 Å². The highest BCUT2D eigenvalue weighted by Gasteiger charge is 2.05. The van der Waals surface area contributed by atoms with Gasteiger partial charge in [-0.05, 0) is 36.4 Å². The van der Waals surface area contributed by atoms with Crippen LogP contribution in [0.1, 0.15) is 12.5 Å². The largest absolute Gasteiger partial charge is 0.454 e. The Morgan fingerprint density at radius 3 is 2.61 bits per heavy atom. The zero-order valence-electron chi connectivity index (χ0n) is 10.3. The van der Waals surface area contributed by atoms with Gasteiger partial charge in [-0.3, -0.25) is 0 Å². The molecule has 0 saturated heterocycles. The van der Waals surface area contributed by atoms with E-state index in [1.54, 1.807) is 24.3 Å². The number of ether oxygens (including phenoxy) is 1. The highest BCUT2D eigenvalue weighted by molar-refractivity contribution is 5.35. The second-order valence-electron chi connectivity index (χ2n) is 3.96. The molecule has 0 spiro atoms. The maximum atomic E-state index is 13.6. The lowest BCUT2D eigenvalue weighted by atomic mass is 10.2. The van der Waals surface area contributed by atoms with Crippen molar-refractivity contribution in [3.05, 3.63) is 59.9 Å². The molecule has 0 atom stereocenters. The Kier molecular flexibility index (Phi) is 4.31. The van der Waals surface area contributed by atoms with E-state index in [4.69, 9.17) is 4.74 Å². The van der Waals surface area contributed by atoms with Gasteiger partial charge in [0.05, 0.1) is 0 Å². The first-order valence-electron chi connectivity index (χ1n) is 6.01. The van der Waals surface area contributed by atoms with Crippen molar-refractivity contribution in [3.8, 4) is 11.5 Å². The predicted molar refractivity (Wildman–Crippen MR) is 70.3 cm³/mol. The maximum Gasteiger partial charge on any atom is 0.165 e. The Morgan fingerprint density at radius 1 is 1.11 bits per heavy atom. The summed E-state index contributed by atoms with van der Waals surface area (Å²) in [7, 11) is 0. The minimum atomic E-state index is -0.348. The van der Waals surface area contributed by atoms with Gasteiger partial charge in [0, 0.05) is 6.54 Å². The van der Waals surface area contributed by atoms with Crippen molar-refractivity contribution < 1.29 is 9.13 Å². The Hall–Kier alpha value is -1.87. The quantitative estimate of drug-likeness (QED) is 0.866. The molecule has 0 bridgehead atoms. The first-order chi connectivity index (χ1) is 8.79. The Labute approximate surface area is 106 Å². The van der Waals surface area contributed by atoms with Crippen molar-refractivity contribution in [3.63, 3.8) is 0 Å². The van der Waals surface area contributed by atoms with Gasteiger partial charge in [0.1, 0.15) is 5.75 Å². The molecule has 94 valence electrons. The van der Waals surface area contributed by atoms with Crippen molar-refractivity contribution in [2.45, 2.75) is 13.5 Å². The van der Waals surface area contributed by atoms with Crippen LogP contribution in [0.3, 0.4) is 0 Å². The van der Waals surface area contributed by atoms with Crippen LogP contribution in [0, 0.1) is 5.82 Å². The van der Waals surface area contributed by atoms with Gasteiger partial charge in [0.2, 0.25) is 0 Å². The number of benzene rings is 2. The molecule has 2 nitrogen and oxygen atoms in total. The fourth-order valence-electron chi connectivity index (χ4n) is 1.62. The third-order valence-electron chi connectivity index (χ3n) is 2.55. The molecule has 2 aromatic rings. The molecule has 0 fully saturated rings. The summed E-state index contributed by atoms with van der Waals surface area (Å²) >= 11 is 0. The summed E-state index contributed by atoms with van der Waals surface area (Å²) in [5.74, 6) is 0.549. The van der Waals surface area contributed by atoms with Crippen LogP contribution in [-0.2, 0) is 6.54 Å². The van der Waals surface area contributed by atoms with Crippen molar-refractivity contribution in [1.29, 1.82) is 0 Å². The zero-order valence-corrected chi connectivity index (χ0v) is 10.3. The molecule has 0 unspecified atom stereocenters. The normalized spacial score (nSPS) is 10.3. The predicted octanol–water partition coefficient (Wildman–Crippen LogP) is 3.73. The van der Waals surface area contributed by atoms with E-state index in [1.165, 1.54) is 6.07 Å². The van der Waals surface area contributed by atoms with Crippen molar-refractivity contribution in [2.75, 3.05) is 6.54 Å². The molecule has 0 aromatic heterocycles. The lowest BCUT2D eigenvalue weighted by Crippen LogP contribution is -2.11. The zero-order chi connectivity index (χ0) is 12.8. The Balaban J connectivity index is 2.16. The van der Waals surface area contributed by atoms with Crippen LogP contribution in [0.25, 0.3) is 0 Å². The van der Waals surface area contributed by atoms with Gasteiger partial charge < -0.3 is 10.1 Å². The molecular formula is C15H16FNO. The van der Waals surface area contributed by atoms with Gasteiger partial charge in [0.25, 0.3) is 0 Å². The molecule has 0 aliphatic rings. The average Bonchev–Trinajstić information content (AvgIpc) is 2.41. The van der Waals surface area contributed by atoms with E-state index in [0.717, 1.165) is 12.1 Å². The van der Waals surface area contributed by atoms with Gasteiger partial charge >= 0.3 is 0 Å². The Bertz CT molecular complexity index is 499. The molecule has 18 heavy (non-hydrogen) atoms. The molecule has 1 N–H and O–H groups in total. The number of halogens is 1. The second kappa shape index (κ2) is 6.17. The number of nitrogens with one attached hydrogen (secondary N) is 1. The lowest BCUT2D eigenvalue weighted by molar-refractivity contribution is 0.441. The number of hydrogen-bond donors (Lipinski definition) is 1. The lowest BCUT2D eigenvalue weighted by Gasteiger charge is -2.09. The number of rotatable bonds is 5. The first-order valence-corrected chi connectivity index (χ1v) is 6.01. The first kappa shape index (κ1) is 12.6. The highest BCUT2D eigenvalue weighted by atomic mass is 19.1. The van der Waals surface area contributed by atoms with E-state index < -0.39 is 0 Å². The average molecular weight is 245 g/mol. The van der Waals surface area contributed by atoms with E-state index in [9.17, 15) is 4.39 Å². The SMILES string of the molecule is CCNCc1ccc(F)c(Oc2ccccc2)c1. The fraction of sp³-hybridized carbons (Fsp3) is 0.200. The molecule has 0 saturated carbocycles. The standard InChI is InChI=1S/C15H16FNO/c1-2-17-11-12-8-9-14(16)15(10-12)18-13-6-4-3-5-7-13/h3-10,17H,2,11H2,1H3. The van der Waals surface area contributed by atoms with Crippen molar-refractivity contribution in [2.24, 2.45) is 0 Å². The molecule has 3 heteroatoms. The van der Waals surface area contributed by atoms with Gasteiger partial charge in [-0.15, -0.1) is 0 Å². The topological polar surface area (TPSA) is 21.3 Å². The smallest absolute Gasteiger partial charge is 0.165 e. The summed E-state index contributed by atoms with van der Waals surface area (Å²) < 4.78 is 19.2. The molecule has 0 radical (unpaired) electrons. The van der Waals surface area contributed by atoms with Crippen molar-refractivity contribution >= 4 is 0 Å². The van der Waals surface area contributed by atoms with Gasteiger partial charge in [-0.1, -0.05) is 31.2 Å². The molecular weight excluding hydrogens is 229 g/mol. The second-order valence-corrected chi connectivity index (χ2v) is 3.96. The van der Waals surface area contributed by atoms with Crippen molar-refractivity contribution in [1.82, 2.24) is 5.32 Å². The van der Waals surface area contributed by atoms with E-state index in [-0.39, 0.29) is 11.6 Å². The molecule has 0 aliphatic heterocycles.